The Kier molecular flexibility index (Phi) is 3.88. The topological polar surface area (TPSA) is 29.9 Å². The lowest BCUT2D eigenvalue weighted by atomic mass is 10.0. The summed E-state index contributed by atoms with van der Waals surface area (Å²) in [7, 11) is 0. The van der Waals surface area contributed by atoms with E-state index in [1.54, 1.807) is 0 Å². The Morgan fingerprint density at radius 3 is 2.75 bits per heavy atom. The van der Waals surface area contributed by atoms with Gasteiger partial charge in [-0.2, -0.15) is 5.10 Å². The summed E-state index contributed by atoms with van der Waals surface area (Å²) < 4.78 is 2.04. The quantitative estimate of drug-likeness (QED) is 0.864. The first-order valence-corrected chi connectivity index (χ1v) is 7.71. The molecular formula is C17H23N3. The van der Waals surface area contributed by atoms with Gasteiger partial charge in [0.1, 0.15) is 0 Å². The highest BCUT2D eigenvalue weighted by Crippen LogP contribution is 2.39. The summed E-state index contributed by atoms with van der Waals surface area (Å²) in [5.41, 5.74) is 3.78. The molecule has 1 heterocycles. The van der Waals surface area contributed by atoms with E-state index in [1.807, 2.05) is 4.68 Å². The molecule has 1 atom stereocenters. The van der Waals surface area contributed by atoms with Gasteiger partial charge in [0.2, 0.25) is 0 Å². The molecule has 2 aromatic rings. The molecule has 3 heteroatoms. The Bertz CT molecular complexity index is 569. The smallest absolute Gasteiger partial charge is 0.0693 e. The predicted molar refractivity (Wildman–Crippen MR) is 82.2 cm³/mol. The molecule has 1 aliphatic rings. The van der Waals surface area contributed by atoms with Gasteiger partial charge in [-0.1, -0.05) is 32.0 Å². The fraction of sp³-hybridized carbons (Fsp3) is 0.471. The number of hydrogen-bond donors (Lipinski definition) is 1. The van der Waals surface area contributed by atoms with Crippen LogP contribution in [0, 0.1) is 0 Å². The maximum absolute atomic E-state index is 4.77. The molecule has 0 bridgehead atoms. The van der Waals surface area contributed by atoms with Crippen LogP contribution in [0.1, 0.15) is 56.3 Å². The number of benzene rings is 1. The van der Waals surface area contributed by atoms with E-state index in [2.05, 4.69) is 55.7 Å². The van der Waals surface area contributed by atoms with Crippen LogP contribution in [0.2, 0.25) is 0 Å². The molecule has 3 rings (SSSR count). The Morgan fingerprint density at radius 2 is 2.05 bits per heavy atom. The molecular weight excluding hydrogens is 246 g/mol. The van der Waals surface area contributed by atoms with Gasteiger partial charge in [-0.15, -0.1) is 0 Å². The highest BCUT2D eigenvalue weighted by atomic mass is 15.3. The minimum Gasteiger partial charge on any atom is -0.310 e. The summed E-state index contributed by atoms with van der Waals surface area (Å²) in [5.74, 6) is 0.708. The first-order chi connectivity index (χ1) is 9.83. The van der Waals surface area contributed by atoms with Crippen molar-refractivity contribution in [1.82, 2.24) is 15.1 Å². The zero-order valence-corrected chi connectivity index (χ0v) is 12.3. The zero-order chi connectivity index (χ0) is 13.9. The highest BCUT2D eigenvalue weighted by molar-refractivity contribution is 5.42. The molecule has 1 fully saturated rings. The molecule has 0 spiro atoms. The number of hydrogen-bond acceptors (Lipinski definition) is 2. The van der Waals surface area contributed by atoms with Crippen molar-refractivity contribution in [1.29, 1.82) is 0 Å². The molecule has 1 aromatic heterocycles. The van der Waals surface area contributed by atoms with E-state index in [4.69, 9.17) is 5.10 Å². The van der Waals surface area contributed by atoms with Crippen LogP contribution in [0.25, 0.3) is 5.69 Å². The Labute approximate surface area is 121 Å². The van der Waals surface area contributed by atoms with Gasteiger partial charge >= 0.3 is 0 Å². The fourth-order valence-corrected chi connectivity index (χ4v) is 2.78. The van der Waals surface area contributed by atoms with E-state index < -0.39 is 0 Å². The lowest BCUT2D eigenvalue weighted by Gasteiger charge is -2.19. The minimum absolute atomic E-state index is 0.393. The normalized spacial score (nSPS) is 16.3. The van der Waals surface area contributed by atoms with Gasteiger partial charge in [-0.05, 0) is 43.5 Å². The highest BCUT2D eigenvalue weighted by Gasteiger charge is 2.26. The average molecular weight is 269 g/mol. The van der Waals surface area contributed by atoms with Crippen LogP contribution in [0.5, 0.6) is 0 Å². The minimum atomic E-state index is 0.393. The molecule has 1 aromatic carbocycles. The van der Waals surface area contributed by atoms with E-state index in [0.29, 0.717) is 12.0 Å². The van der Waals surface area contributed by atoms with Gasteiger partial charge < -0.3 is 5.32 Å². The lowest BCUT2D eigenvalue weighted by molar-refractivity contribution is 0.534. The van der Waals surface area contributed by atoms with Gasteiger partial charge in [0.15, 0.2) is 0 Å². The first kappa shape index (κ1) is 13.4. The molecule has 20 heavy (non-hydrogen) atoms. The fourth-order valence-electron chi connectivity index (χ4n) is 2.78. The second-order valence-electron chi connectivity index (χ2n) is 5.54. The molecule has 1 N–H and O–H groups in total. The molecule has 0 aliphatic heterocycles. The van der Waals surface area contributed by atoms with Crippen molar-refractivity contribution in [3.63, 3.8) is 0 Å². The van der Waals surface area contributed by atoms with Gasteiger partial charge in [-0.25, -0.2) is 4.68 Å². The van der Waals surface area contributed by atoms with Gasteiger partial charge in [-0.3, -0.25) is 0 Å². The van der Waals surface area contributed by atoms with Crippen molar-refractivity contribution in [3.8, 4) is 5.69 Å². The summed E-state index contributed by atoms with van der Waals surface area (Å²) in [5, 5.41) is 8.33. The summed E-state index contributed by atoms with van der Waals surface area (Å²) in [6.07, 6.45) is 5.79. The number of para-hydroxylation sites is 1. The number of rotatable bonds is 6. The third-order valence-corrected chi connectivity index (χ3v) is 4.02. The van der Waals surface area contributed by atoms with Gasteiger partial charge in [0, 0.05) is 18.2 Å². The maximum atomic E-state index is 4.77. The second kappa shape index (κ2) is 5.80. The van der Waals surface area contributed by atoms with E-state index in [9.17, 15) is 0 Å². The molecule has 1 unspecified atom stereocenters. The third kappa shape index (κ3) is 2.63. The van der Waals surface area contributed by atoms with Crippen molar-refractivity contribution in [3.05, 3.63) is 47.8 Å². The monoisotopic (exact) mass is 269 g/mol. The predicted octanol–water partition coefficient (Wildman–Crippen LogP) is 3.81. The second-order valence-corrected chi connectivity index (χ2v) is 5.54. The van der Waals surface area contributed by atoms with Crippen LogP contribution in [0.15, 0.2) is 36.5 Å². The molecule has 0 saturated heterocycles. The largest absolute Gasteiger partial charge is 0.310 e. The molecule has 3 nitrogen and oxygen atoms in total. The van der Waals surface area contributed by atoms with Crippen LogP contribution in [0.4, 0.5) is 0 Å². The third-order valence-electron chi connectivity index (χ3n) is 4.02. The van der Waals surface area contributed by atoms with E-state index in [1.165, 1.54) is 29.8 Å². The first-order valence-electron chi connectivity index (χ1n) is 7.71. The van der Waals surface area contributed by atoms with Crippen molar-refractivity contribution in [2.45, 2.75) is 45.1 Å². The van der Waals surface area contributed by atoms with Crippen molar-refractivity contribution in [2.24, 2.45) is 0 Å². The summed E-state index contributed by atoms with van der Waals surface area (Å²) in [6, 6.07) is 11.1. The van der Waals surface area contributed by atoms with Crippen molar-refractivity contribution < 1.29 is 0 Å². The van der Waals surface area contributed by atoms with E-state index >= 15 is 0 Å². The molecule has 1 aliphatic carbocycles. The van der Waals surface area contributed by atoms with Crippen LogP contribution in [-0.4, -0.2) is 16.3 Å². The zero-order valence-electron chi connectivity index (χ0n) is 12.3. The SMILES string of the molecule is CCNC(CC)c1ccccc1-n1ccc(C2CC2)n1. The van der Waals surface area contributed by atoms with E-state index in [0.717, 1.165) is 13.0 Å². The van der Waals surface area contributed by atoms with Crippen molar-refractivity contribution in [2.75, 3.05) is 6.54 Å². The summed E-state index contributed by atoms with van der Waals surface area (Å²) in [4.78, 5) is 0. The Balaban J connectivity index is 1.94. The molecule has 0 radical (unpaired) electrons. The van der Waals surface area contributed by atoms with E-state index in [-0.39, 0.29) is 0 Å². The van der Waals surface area contributed by atoms with Crippen LogP contribution in [-0.2, 0) is 0 Å². The van der Waals surface area contributed by atoms with Crippen molar-refractivity contribution >= 4 is 0 Å². The molecule has 1 saturated carbocycles. The molecule has 0 amide bonds. The Morgan fingerprint density at radius 1 is 1.25 bits per heavy atom. The number of nitrogens with one attached hydrogen (secondary N) is 1. The Hall–Kier alpha value is -1.61. The van der Waals surface area contributed by atoms with Crippen LogP contribution in [0.3, 0.4) is 0 Å². The average Bonchev–Trinajstić information content (AvgIpc) is 3.23. The van der Waals surface area contributed by atoms with Crippen LogP contribution < -0.4 is 5.32 Å². The number of aromatic nitrogens is 2. The van der Waals surface area contributed by atoms with Gasteiger partial charge in [0.05, 0.1) is 11.4 Å². The maximum Gasteiger partial charge on any atom is 0.0693 e. The standard InChI is InChI=1S/C17H23N3/c1-3-15(18-4-2)14-7-5-6-8-17(14)20-12-11-16(19-20)13-9-10-13/h5-8,11-13,15,18H,3-4,9-10H2,1-2H3. The van der Waals surface area contributed by atoms with Gasteiger partial charge in [0.25, 0.3) is 0 Å². The molecule has 106 valence electrons. The number of nitrogens with zero attached hydrogens (tertiary/aromatic N) is 2. The van der Waals surface area contributed by atoms with Crippen LogP contribution >= 0.6 is 0 Å². The summed E-state index contributed by atoms with van der Waals surface area (Å²) >= 11 is 0. The lowest BCUT2D eigenvalue weighted by Crippen LogP contribution is -2.21. The summed E-state index contributed by atoms with van der Waals surface area (Å²) in [6.45, 7) is 5.37.